The van der Waals surface area contributed by atoms with Crippen LogP contribution in [0.4, 0.5) is 10.1 Å². The highest BCUT2D eigenvalue weighted by atomic mass is 32.2. The smallest absolute Gasteiger partial charge is 0.182 e. The minimum absolute atomic E-state index is 0.0206. The lowest BCUT2D eigenvalue weighted by Gasteiger charge is -2.25. The van der Waals surface area contributed by atoms with Crippen molar-refractivity contribution >= 4 is 15.5 Å². The van der Waals surface area contributed by atoms with Crippen molar-refractivity contribution < 1.29 is 12.8 Å². The summed E-state index contributed by atoms with van der Waals surface area (Å²) in [5.74, 6) is -0.644. The van der Waals surface area contributed by atoms with Gasteiger partial charge in [0.2, 0.25) is 0 Å². The fourth-order valence-corrected chi connectivity index (χ4v) is 3.31. The standard InChI is InChI=1S/C9H11FN2O2S/c10-7-2-1-3-8-9(7)12-6(4-11)5-15(8,13)14/h1-3,6,12H,4-5,11H2. The molecule has 0 aliphatic carbocycles. The molecule has 3 N–H and O–H groups in total. The Morgan fingerprint density at radius 1 is 1.53 bits per heavy atom. The van der Waals surface area contributed by atoms with Crippen LogP contribution < -0.4 is 11.1 Å². The number of nitrogens with two attached hydrogens (primary N) is 1. The van der Waals surface area contributed by atoms with E-state index in [1.165, 1.54) is 18.2 Å². The third-order valence-corrected chi connectivity index (χ3v) is 4.22. The molecule has 1 aliphatic heterocycles. The van der Waals surface area contributed by atoms with Crippen LogP contribution in [0.25, 0.3) is 0 Å². The van der Waals surface area contributed by atoms with Gasteiger partial charge in [-0.05, 0) is 12.1 Å². The largest absolute Gasteiger partial charge is 0.377 e. The average Bonchev–Trinajstić information content (AvgIpc) is 2.18. The molecule has 1 unspecified atom stereocenters. The first-order chi connectivity index (χ1) is 7.04. The van der Waals surface area contributed by atoms with Gasteiger partial charge in [0, 0.05) is 6.54 Å². The van der Waals surface area contributed by atoms with E-state index < -0.39 is 21.7 Å². The third kappa shape index (κ3) is 1.70. The first-order valence-corrected chi connectivity index (χ1v) is 6.17. The monoisotopic (exact) mass is 230 g/mol. The Kier molecular flexibility index (Phi) is 2.40. The Balaban J connectivity index is 2.60. The summed E-state index contributed by atoms with van der Waals surface area (Å²) in [5.41, 5.74) is 5.42. The maximum Gasteiger partial charge on any atom is 0.182 e. The van der Waals surface area contributed by atoms with Gasteiger partial charge in [0.05, 0.1) is 22.4 Å². The summed E-state index contributed by atoms with van der Waals surface area (Å²) in [6.45, 7) is 0.160. The molecule has 0 saturated carbocycles. The maximum atomic E-state index is 13.4. The van der Waals surface area contributed by atoms with Crippen molar-refractivity contribution in [3.63, 3.8) is 0 Å². The molecule has 2 rings (SSSR count). The summed E-state index contributed by atoms with van der Waals surface area (Å²) in [4.78, 5) is 0.0206. The number of hydrogen-bond donors (Lipinski definition) is 2. The van der Waals surface area contributed by atoms with Crippen LogP contribution in [0.1, 0.15) is 0 Å². The summed E-state index contributed by atoms with van der Waals surface area (Å²) >= 11 is 0. The van der Waals surface area contributed by atoms with E-state index >= 15 is 0 Å². The van der Waals surface area contributed by atoms with E-state index in [0.717, 1.165) is 0 Å². The number of rotatable bonds is 1. The molecule has 1 heterocycles. The molecule has 0 amide bonds. The lowest BCUT2D eigenvalue weighted by Crippen LogP contribution is -2.40. The summed E-state index contributed by atoms with van der Waals surface area (Å²) in [6.07, 6.45) is 0. The molecule has 1 aromatic rings. The van der Waals surface area contributed by atoms with Crippen LogP contribution in [-0.2, 0) is 9.84 Å². The molecular weight excluding hydrogens is 219 g/mol. The fourth-order valence-electron chi connectivity index (χ4n) is 1.63. The van der Waals surface area contributed by atoms with Crippen molar-refractivity contribution in [1.29, 1.82) is 0 Å². The number of anilines is 1. The molecular formula is C9H11FN2O2S. The van der Waals surface area contributed by atoms with Crippen molar-refractivity contribution in [2.45, 2.75) is 10.9 Å². The molecule has 6 heteroatoms. The number of sulfone groups is 1. The highest BCUT2D eigenvalue weighted by Crippen LogP contribution is 2.30. The molecule has 0 fully saturated rings. The van der Waals surface area contributed by atoms with Gasteiger partial charge in [0.15, 0.2) is 9.84 Å². The van der Waals surface area contributed by atoms with Crippen LogP contribution in [0.3, 0.4) is 0 Å². The van der Waals surface area contributed by atoms with E-state index in [1.807, 2.05) is 0 Å². The van der Waals surface area contributed by atoms with Gasteiger partial charge in [-0.3, -0.25) is 0 Å². The second kappa shape index (κ2) is 3.46. The van der Waals surface area contributed by atoms with Gasteiger partial charge in [-0.15, -0.1) is 0 Å². The molecule has 1 aliphatic rings. The molecule has 0 radical (unpaired) electrons. The number of para-hydroxylation sites is 1. The topological polar surface area (TPSA) is 72.2 Å². The summed E-state index contributed by atoms with van der Waals surface area (Å²) in [7, 11) is -3.41. The van der Waals surface area contributed by atoms with Crippen LogP contribution in [0.2, 0.25) is 0 Å². The first-order valence-electron chi connectivity index (χ1n) is 4.52. The SMILES string of the molecule is NCC1CS(=O)(=O)c2cccc(F)c2N1. The second-order valence-corrected chi connectivity index (χ2v) is 5.47. The predicted octanol–water partition coefficient (Wildman–Crippen LogP) is 0.352. The van der Waals surface area contributed by atoms with Crippen molar-refractivity contribution in [2.24, 2.45) is 5.73 Å². The lowest BCUT2D eigenvalue weighted by atomic mass is 10.2. The van der Waals surface area contributed by atoms with E-state index in [2.05, 4.69) is 5.32 Å². The molecule has 15 heavy (non-hydrogen) atoms. The Bertz CT molecular complexity index is 487. The Morgan fingerprint density at radius 2 is 2.27 bits per heavy atom. The van der Waals surface area contributed by atoms with Gasteiger partial charge >= 0.3 is 0 Å². The zero-order valence-electron chi connectivity index (χ0n) is 7.90. The molecule has 1 atom stereocenters. The van der Waals surface area contributed by atoms with Crippen LogP contribution in [0.5, 0.6) is 0 Å². The van der Waals surface area contributed by atoms with E-state index in [4.69, 9.17) is 5.73 Å². The summed E-state index contributed by atoms with van der Waals surface area (Å²) in [5, 5.41) is 2.79. The number of benzene rings is 1. The van der Waals surface area contributed by atoms with Gasteiger partial charge < -0.3 is 11.1 Å². The van der Waals surface area contributed by atoms with Crippen LogP contribution in [-0.4, -0.2) is 26.8 Å². The minimum Gasteiger partial charge on any atom is -0.377 e. The van der Waals surface area contributed by atoms with Crippen LogP contribution in [0.15, 0.2) is 23.1 Å². The zero-order chi connectivity index (χ0) is 11.1. The number of nitrogens with one attached hydrogen (secondary N) is 1. The Labute approximate surface area is 87.2 Å². The maximum absolute atomic E-state index is 13.4. The molecule has 1 aromatic carbocycles. The minimum atomic E-state index is -3.41. The molecule has 0 aromatic heterocycles. The number of fused-ring (bicyclic) bond motifs is 1. The average molecular weight is 230 g/mol. The molecule has 4 nitrogen and oxygen atoms in total. The highest BCUT2D eigenvalue weighted by Gasteiger charge is 2.30. The van der Waals surface area contributed by atoms with E-state index in [9.17, 15) is 12.8 Å². The quantitative estimate of drug-likeness (QED) is 0.730. The molecule has 0 saturated heterocycles. The van der Waals surface area contributed by atoms with E-state index in [1.54, 1.807) is 0 Å². The van der Waals surface area contributed by atoms with Crippen molar-refractivity contribution in [3.05, 3.63) is 24.0 Å². The van der Waals surface area contributed by atoms with Crippen molar-refractivity contribution in [1.82, 2.24) is 0 Å². The van der Waals surface area contributed by atoms with Gasteiger partial charge in [0.1, 0.15) is 5.82 Å². The zero-order valence-corrected chi connectivity index (χ0v) is 8.72. The molecule has 0 bridgehead atoms. The van der Waals surface area contributed by atoms with Crippen molar-refractivity contribution in [3.8, 4) is 0 Å². The van der Waals surface area contributed by atoms with E-state index in [-0.39, 0.29) is 22.9 Å². The molecule has 82 valence electrons. The number of hydrogen-bond acceptors (Lipinski definition) is 4. The second-order valence-electron chi connectivity index (χ2n) is 3.47. The summed E-state index contributed by atoms with van der Waals surface area (Å²) < 4.78 is 36.8. The van der Waals surface area contributed by atoms with Crippen molar-refractivity contribution in [2.75, 3.05) is 17.6 Å². The Morgan fingerprint density at radius 3 is 2.93 bits per heavy atom. The third-order valence-electron chi connectivity index (χ3n) is 2.36. The van der Waals surface area contributed by atoms with Gasteiger partial charge in [-0.25, -0.2) is 12.8 Å². The van der Waals surface area contributed by atoms with Gasteiger partial charge in [0.25, 0.3) is 0 Å². The highest BCUT2D eigenvalue weighted by molar-refractivity contribution is 7.91. The molecule has 0 spiro atoms. The van der Waals surface area contributed by atoms with Gasteiger partial charge in [-0.1, -0.05) is 6.07 Å². The van der Waals surface area contributed by atoms with Crippen LogP contribution >= 0.6 is 0 Å². The lowest BCUT2D eigenvalue weighted by molar-refractivity contribution is 0.577. The normalized spacial score (nSPS) is 22.9. The first kappa shape index (κ1) is 10.4. The van der Waals surface area contributed by atoms with Crippen LogP contribution in [0, 0.1) is 5.82 Å². The summed E-state index contributed by atoms with van der Waals surface area (Å²) in [6, 6.07) is 3.59. The van der Waals surface area contributed by atoms with E-state index in [0.29, 0.717) is 0 Å². The Hall–Kier alpha value is -1.14. The predicted molar refractivity (Wildman–Crippen MR) is 54.9 cm³/mol. The number of halogens is 1. The fraction of sp³-hybridized carbons (Fsp3) is 0.333. The van der Waals surface area contributed by atoms with Gasteiger partial charge in [-0.2, -0.15) is 0 Å².